The maximum absolute atomic E-state index is 12.5. The highest BCUT2D eigenvalue weighted by Crippen LogP contribution is 2.36. The fraction of sp³-hybridized carbons (Fsp3) is 0.417. The first-order valence-corrected chi connectivity index (χ1v) is 11.9. The van der Waals surface area contributed by atoms with E-state index in [0.29, 0.717) is 22.1 Å². The van der Waals surface area contributed by atoms with Crippen LogP contribution in [0.15, 0.2) is 30.3 Å². The second kappa shape index (κ2) is 10.3. The van der Waals surface area contributed by atoms with Crippen LogP contribution >= 0.6 is 11.3 Å². The summed E-state index contributed by atoms with van der Waals surface area (Å²) in [6.07, 6.45) is -0.0148. The highest BCUT2D eigenvalue weighted by atomic mass is 32.1. The molecule has 0 bridgehead atoms. The normalized spacial score (nSPS) is 14.5. The molecule has 0 saturated carbocycles. The summed E-state index contributed by atoms with van der Waals surface area (Å²) in [7, 11) is 1.35. The second-order valence-corrected chi connectivity index (χ2v) is 8.92. The molecule has 0 amide bonds. The van der Waals surface area contributed by atoms with Crippen LogP contribution in [0.5, 0.6) is 0 Å². The zero-order valence-corrected chi connectivity index (χ0v) is 20.0. The molecule has 0 radical (unpaired) electrons. The number of thiophene rings is 1. The number of carbonyl (C=O) groups is 2. The number of rotatable bonds is 7. The Kier molecular flexibility index (Phi) is 7.20. The van der Waals surface area contributed by atoms with E-state index in [1.165, 1.54) is 24.0 Å². The Balaban J connectivity index is 1.63. The zero-order valence-electron chi connectivity index (χ0n) is 19.2. The lowest BCUT2D eigenvalue weighted by molar-refractivity contribution is -0.139. The van der Waals surface area contributed by atoms with Crippen LogP contribution in [0.25, 0.3) is 10.2 Å². The van der Waals surface area contributed by atoms with Crippen molar-refractivity contribution in [2.24, 2.45) is 0 Å². The van der Waals surface area contributed by atoms with Crippen LogP contribution in [0.1, 0.15) is 33.5 Å². The molecule has 4 rings (SSSR count). The molecule has 1 fully saturated rings. The van der Waals surface area contributed by atoms with Crippen molar-refractivity contribution in [1.82, 2.24) is 14.9 Å². The van der Waals surface area contributed by atoms with Crippen molar-refractivity contribution in [2.75, 3.05) is 44.8 Å². The van der Waals surface area contributed by atoms with Gasteiger partial charge in [-0.1, -0.05) is 30.3 Å². The predicted octanol–water partition coefficient (Wildman–Crippen LogP) is 3.21. The van der Waals surface area contributed by atoms with Crippen LogP contribution in [0.3, 0.4) is 0 Å². The van der Waals surface area contributed by atoms with Crippen molar-refractivity contribution in [2.45, 2.75) is 26.8 Å². The maximum atomic E-state index is 12.5. The Hall–Kier alpha value is -3.04. The Morgan fingerprint density at radius 3 is 2.48 bits per heavy atom. The van der Waals surface area contributed by atoms with Gasteiger partial charge in [-0.2, -0.15) is 0 Å². The van der Waals surface area contributed by atoms with Crippen molar-refractivity contribution in [3.8, 4) is 0 Å². The SMILES string of the molecule is CCOC(=O)c1sc2nc(CC(=O)OC)nc(N3CCN(Cc4ccccc4)CC3)c2c1C. The topological polar surface area (TPSA) is 84.9 Å². The van der Waals surface area contributed by atoms with E-state index < -0.39 is 5.97 Å². The van der Waals surface area contributed by atoms with Gasteiger partial charge in [0.15, 0.2) is 0 Å². The second-order valence-electron chi connectivity index (χ2n) is 7.92. The molecule has 1 saturated heterocycles. The molecule has 0 N–H and O–H groups in total. The number of aromatic nitrogens is 2. The molecule has 0 spiro atoms. The number of aryl methyl sites for hydroxylation is 1. The fourth-order valence-corrected chi connectivity index (χ4v) is 5.11. The van der Waals surface area contributed by atoms with E-state index in [2.05, 4.69) is 39.0 Å². The summed E-state index contributed by atoms with van der Waals surface area (Å²) in [4.78, 5) is 39.6. The summed E-state index contributed by atoms with van der Waals surface area (Å²) < 4.78 is 10.0. The van der Waals surface area contributed by atoms with Crippen molar-refractivity contribution >= 4 is 39.3 Å². The largest absolute Gasteiger partial charge is 0.469 e. The number of anilines is 1. The van der Waals surface area contributed by atoms with Crippen molar-refractivity contribution < 1.29 is 19.1 Å². The molecule has 1 aliphatic rings. The molecule has 33 heavy (non-hydrogen) atoms. The van der Waals surface area contributed by atoms with Gasteiger partial charge >= 0.3 is 11.9 Å². The minimum absolute atomic E-state index is 0.0148. The van der Waals surface area contributed by atoms with E-state index in [1.54, 1.807) is 6.92 Å². The number of nitrogens with zero attached hydrogens (tertiary/aromatic N) is 4. The third kappa shape index (κ3) is 5.15. The van der Waals surface area contributed by atoms with Crippen molar-refractivity contribution in [3.63, 3.8) is 0 Å². The average molecular weight is 469 g/mol. The smallest absolute Gasteiger partial charge is 0.348 e. The number of carbonyl (C=O) groups excluding carboxylic acids is 2. The van der Waals surface area contributed by atoms with Crippen LogP contribution in [0.2, 0.25) is 0 Å². The van der Waals surface area contributed by atoms with Crippen LogP contribution in [0.4, 0.5) is 5.82 Å². The average Bonchev–Trinajstić information content (AvgIpc) is 3.16. The van der Waals surface area contributed by atoms with E-state index in [1.807, 2.05) is 13.0 Å². The quantitative estimate of drug-likeness (QED) is 0.489. The number of piperazine rings is 1. The fourth-order valence-electron chi connectivity index (χ4n) is 4.02. The van der Waals surface area contributed by atoms with E-state index in [9.17, 15) is 9.59 Å². The maximum Gasteiger partial charge on any atom is 0.348 e. The van der Waals surface area contributed by atoms with Crippen LogP contribution in [0, 0.1) is 6.92 Å². The van der Waals surface area contributed by atoms with Gasteiger partial charge in [-0.25, -0.2) is 14.8 Å². The van der Waals surface area contributed by atoms with Crippen LogP contribution < -0.4 is 4.90 Å². The zero-order chi connectivity index (χ0) is 23.4. The molecular weight excluding hydrogens is 440 g/mol. The van der Waals surface area contributed by atoms with E-state index in [4.69, 9.17) is 14.5 Å². The Labute approximate surface area is 197 Å². The lowest BCUT2D eigenvalue weighted by Crippen LogP contribution is -2.46. The molecule has 3 heterocycles. The summed E-state index contributed by atoms with van der Waals surface area (Å²) in [6.45, 7) is 8.27. The van der Waals surface area contributed by atoms with Gasteiger partial charge in [0, 0.05) is 32.7 Å². The summed E-state index contributed by atoms with van der Waals surface area (Å²) in [5.74, 6) is 0.410. The molecule has 0 atom stereocenters. The molecule has 0 unspecified atom stereocenters. The highest BCUT2D eigenvalue weighted by Gasteiger charge is 2.26. The van der Waals surface area contributed by atoms with Gasteiger partial charge in [-0.15, -0.1) is 11.3 Å². The Morgan fingerprint density at radius 1 is 1.09 bits per heavy atom. The van der Waals surface area contributed by atoms with Gasteiger partial charge in [-0.3, -0.25) is 9.69 Å². The minimum Gasteiger partial charge on any atom is -0.469 e. The van der Waals surface area contributed by atoms with Crippen LogP contribution in [-0.2, 0) is 27.2 Å². The van der Waals surface area contributed by atoms with Crippen LogP contribution in [-0.4, -0.2) is 66.7 Å². The number of hydrogen-bond acceptors (Lipinski definition) is 9. The summed E-state index contributed by atoms with van der Waals surface area (Å²) >= 11 is 1.29. The van der Waals surface area contributed by atoms with Gasteiger partial charge in [0.25, 0.3) is 0 Å². The van der Waals surface area contributed by atoms with Crippen molar-refractivity contribution in [3.05, 3.63) is 52.2 Å². The van der Waals surface area contributed by atoms with Gasteiger partial charge in [0.2, 0.25) is 0 Å². The molecule has 1 aliphatic heterocycles. The van der Waals surface area contributed by atoms with Crippen molar-refractivity contribution in [1.29, 1.82) is 0 Å². The van der Waals surface area contributed by atoms with Gasteiger partial charge in [-0.05, 0) is 25.0 Å². The molecule has 9 heteroatoms. The molecule has 1 aromatic carbocycles. The lowest BCUT2D eigenvalue weighted by Gasteiger charge is -2.36. The first kappa shape index (κ1) is 23.1. The number of methoxy groups -OCH3 is 1. The number of benzene rings is 1. The highest BCUT2D eigenvalue weighted by molar-refractivity contribution is 7.20. The van der Waals surface area contributed by atoms with Gasteiger partial charge < -0.3 is 14.4 Å². The molecule has 0 aliphatic carbocycles. The van der Waals surface area contributed by atoms with Gasteiger partial charge in [0.05, 0.1) is 19.1 Å². The molecule has 174 valence electrons. The Morgan fingerprint density at radius 2 is 1.82 bits per heavy atom. The van der Waals surface area contributed by atoms with E-state index in [0.717, 1.165) is 49.5 Å². The van der Waals surface area contributed by atoms with Gasteiger partial charge in [0.1, 0.15) is 27.8 Å². The third-order valence-corrected chi connectivity index (χ3v) is 6.89. The monoisotopic (exact) mass is 468 g/mol. The predicted molar refractivity (Wildman–Crippen MR) is 128 cm³/mol. The Bertz CT molecular complexity index is 1140. The van der Waals surface area contributed by atoms with E-state index in [-0.39, 0.29) is 12.4 Å². The molecular formula is C24H28N4O4S. The number of esters is 2. The summed E-state index contributed by atoms with van der Waals surface area (Å²) in [5, 5.41) is 0.855. The standard InChI is InChI=1S/C24H28N4O4S/c1-4-32-24(30)21-16(2)20-22(25-18(14-19(29)31-3)26-23(20)33-21)28-12-10-27(11-13-28)15-17-8-6-5-7-9-17/h5-9H,4,10-15H2,1-3H3. The molecule has 2 aromatic heterocycles. The molecule has 8 nitrogen and oxygen atoms in total. The lowest BCUT2D eigenvalue weighted by atomic mass is 10.1. The summed E-state index contributed by atoms with van der Waals surface area (Å²) in [5.41, 5.74) is 2.11. The number of hydrogen-bond donors (Lipinski definition) is 0. The van der Waals surface area contributed by atoms with E-state index >= 15 is 0 Å². The summed E-state index contributed by atoms with van der Waals surface area (Å²) in [6, 6.07) is 10.4. The minimum atomic E-state index is -0.396. The first-order valence-electron chi connectivity index (χ1n) is 11.0. The first-order chi connectivity index (χ1) is 16.0. The number of fused-ring (bicyclic) bond motifs is 1. The molecule has 3 aromatic rings. The number of ether oxygens (including phenoxy) is 2. The third-order valence-electron chi connectivity index (χ3n) is 5.73.